The lowest BCUT2D eigenvalue weighted by atomic mass is 9.94. The van der Waals surface area contributed by atoms with E-state index in [2.05, 4.69) is 48.7 Å². The van der Waals surface area contributed by atoms with Crippen molar-refractivity contribution in [2.24, 2.45) is 0 Å². The highest BCUT2D eigenvalue weighted by Gasteiger charge is 2.25. The number of benzene rings is 1. The average Bonchev–Trinajstić information content (AvgIpc) is 3.36. The van der Waals surface area contributed by atoms with Gasteiger partial charge in [0.1, 0.15) is 5.82 Å². The van der Waals surface area contributed by atoms with Gasteiger partial charge in [-0.05, 0) is 20.8 Å². The molecular formula is C22H26N6. The third-order valence-electron chi connectivity index (χ3n) is 5.51. The lowest BCUT2D eigenvalue weighted by Gasteiger charge is -2.17. The van der Waals surface area contributed by atoms with Crippen LogP contribution in [0.2, 0.25) is 0 Å². The second kappa shape index (κ2) is 7.19. The van der Waals surface area contributed by atoms with Crippen LogP contribution in [0.4, 0.5) is 0 Å². The van der Waals surface area contributed by atoms with Crippen molar-refractivity contribution in [3.05, 3.63) is 65.8 Å². The molecule has 0 fully saturated rings. The van der Waals surface area contributed by atoms with Gasteiger partial charge in [0.25, 0.3) is 0 Å². The lowest BCUT2D eigenvalue weighted by Crippen LogP contribution is -2.12. The second-order valence-electron chi connectivity index (χ2n) is 7.40. The molecule has 0 saturated carbocycles. The summed E-state index contributed by atoms with van der Waals surface area (Å²) < 4.78 is 4.12. The number of aromatic nitrogens is 6. The fourth-order valence-electron chi connectivity index (χ4n) is 3.55. The topological polar surface area (TPSA) is 60.9 Å². The molecule has 0 aliphatic carbocycles. The van der Waals surface area contributed by atoms with E-state index in [-0.39, 0.29) is 11.8 Å². The highest BCUT2D eigenvalue weighted by atomic mass is 15.3. The van der Waals surface area contributed by atoms with Crippen molar-refractivity contribution in [2.75, 3.05) is 0 Å². The summed E-state index contributed by atoms with van der Waals surface area (Å²) in [6, 6.07) is 10.3. The SMILES string of the molecule is CCn1cc(-c2ccccc2)nc1C(C)C(C)c1nc2c(C)ncc(C)n2n1. The smallest absolute Gasteiger partial charge is 0.177 e. The van der Waals surface area contributed by atoms with E-state index in [1.807, 2.05) is 42.8 Å². The molecule has 0 spiro atoms. The van der Waals surface area contributed by atoms with Gasteiger partial charge in [0, 0.05) is 36.3 Å². The summed E-state index contributed by atoms with van der Waals surface area (Å²) in [5.74, 6) is 2.22. The van der Waals surface area contributed by atoms with Crippen molar-refractivity contribution in [1.82, 2.24) is 29.1 Å². The molecule has 1 aromatic carbocycles. The first-order valence-electron chi connectivity index (χ1n) is 9.81. The molecule has 2 unspecified atom stereocenters. The van der Waals surface area contributed by atoms with Crippen LogP contribution >= 0.6 is 0 Å². The summed E-state index contributed by atoms with van der Waals surface area (Å²) in [6.07, 6.45) is 3.98. The Kier molecular flexibility index (Phi) is 4.71. The molecule has 4 aromatic rings. The second-order valence-corrected chi connectivity index (χ2v) is 7.40. The van der Waals surface area contributed by atoms with E-state index in [4.69, 9.17) is 15.1 Å². The predicted molar refractivity (Wildman–Crippen MR) is 110 cm³/mol. The van der Waals surface area contributed by atoms with Gasteiger partial charge in [0.15, 0.2) is 11.5 Å². The largest absolute Gasteiger partial charge is 0.334 e. The Morgan fingerprint density at radius 3 is 2.43 bits per heavy atom. The van der Waals surface area contributed by atoms with E-state index in [1.54, 1.807) is 0 Å². The highest BCUT2D eigenvalue weighted by molar-refractivity contribution is 5.58. The molecule has 0 aliphatic rings. The van der Waals surface area contributed by atoms with Crippen LogP contribution in [0, 0.1) is 13.8 Å². The van der Waals surface area contributed by atoms with Gasteiger partial charge in [-0.15, -0.1) is 0 Å². The Morgan fingerprint density at radius 1 is 1.00 bits per heavy atom. The van der Waals surface area contributed by atoms with Gasteiger partial charge >= 0.3 is 0 Å². The summed E-state index contributed by atoms with van der Waals surface area (Å²) in [4.78, 5) is 14.2. The van der Waals surface area contributed by atoms with Gasteiger partial charge in [-0.1, -0.05) is 44.2 Å². The van der Waals surface area contributed by atoms with Crippen LogP contribution in [0.25, 0.3) is 16.9 Å². The van der Waals surface area contributed by atoms with Crippen LogP contribution in [0.5, 0.6) is 0 Å². The maximum absolute atomic E-state index is 4.98. The Bertz CT molecular complexity index is 1070. The number of hydrogen-bond acceptors (Lipinski definition) is 4. The van der Waals surface area contributed by atoms with E-state index in [1.165, 1.54) is 0 Å². The van der Waals surface area contributed by atoms with Crippen molar-refractivity contribution < 1.29 is 0 Å². The van der Waals surface area contributed by atoms with Crippen molar-refractivity contribution in [3.8, 4) is 11.3 Å². The molecule has 6 heteroatoms. The maximum Gasteiger partial charge on any atom is 0.177 e. The van der Waals surface area contributed by atoms with Crippen LogP contribution in [-0.4, -0.2) is 29.1 Å². The van der Waals surface area contributed by atoms with Gasteiger partial charge in [-0.3, -0.25) is 4.98 Å². The summed E-state index contributed by atoms with van der Waals surface area (Å²) >= 11 is 0. The number of aryl methyl sites for hydroxylation is 3. The number of nitrogens with zero attached hydrogens (tertiary/aromatic N) is 6. The van der Waals surface area contributed by atoms with Crippen LogP contribution < -0.4 is 0 Å². The molecule has 0 aliphatic heterocycles. The molecule has 0 bridgehead atoms. The summed E-state index contributed by atoms with van der Waals surface area (Å²) in [6.45, 7) is 11.4. The van der Waals surface area contributed by atoms with Crippen LogP contribution in [-0.2, 0) is 6.54 Å². The first-order valence-corrected chi connectivity index (χ1v) is 9.81. The van der Waals surface area contributed by atoms with Crippen LogP contribution in [0.3, 0.4) is 0 Å². The van der Waals surface area contributed by atoms with Gasteiger partial charge in [-0.2, -0.15) is 5.10 Å². The minimum atomic E-state index is 0.134. The normalized spacial score (nSPS) is 13.8. The zero-order chi connectivity index (χ0) is 19.8. The number of rotatable bonds is 5. The van der Waals surface area contributed by atoms with Gasteiger partial charge < -0.3 is 4.57 Å². The molecule has 4 rings (SSSR count). The standard InChI is InChI=1S/C22H26N6/c1-6-27-13-19(18-10-8-7-9-11-18)24-21(27)16(4)15(3)20-25-22-17(5)23-12-14(2)28(22)26-20/h7-13,15-16H,6H2,1-5H3. The number of hydrogen-bond donors (Lipinski definition) is 0. The molecule has 3 heterocycles. The van der Waals surface area contributed by atoms with E-state index in [0.717, 1.165) is 46.5 Å². The molecule has 0 N–H and O–H groups in total. The summed E-state index contributed by atoms with van der Waals surface area (Å²) in [5, 5.41) is 4.77. The van der Waals surface area contributed by atoms with Crippen molar-refractivity contribution >= 4 is 5.65 Å². The van der Waals surface area contributed by atoms with Crippen LogP contribution in [0.15, 0.2) is 42.7 Å². The highest BCUT2D eigenvalue weighted by Crippen LogP contribution is 2.32. The first kappa shape index (κ1) is 18.3. The summed E-state index contributed by atoms with van der Waals surface area (Å²) in [5.41, 5.74) is 4.86. The average molecular weight is 374 g/mol. The molecular weight excluding hydrogens is 348 g/mol. The molecule has 0 saturated heterocycles. The molecule has 2 atom stereocenters. The van der Waals surface area contributed by atoms with E-state index in [0.29, 0.717) is 0 Å². The number of imidazole rings is 1. The van der Waals surface area contributed by atoms with E-state index in [9.17, 15) is 0 Å². The van der Waals surface area contributed by atoms with Crippen molar-refractivity contribution in [2.45, 2.75) is 53.0 Å². The molecule has 0 radical (unpaired) electrons. The van der Waals surface area contributed by atoms with Gasteiger partial charge in [-0.25, -0.2) is 14.5 Å². The Morgan fingerprint density at radius 2 is 1.75 bits per heavy atom. The molecule has 3 aromatic heterocycles. The molecule has 144 valence electrons. The minimum absolute atomic E-state index is 0.134. The Hall–Kier alpha value is -3.02. The lowest BCUT2D eigenvalue weighted by molar-refractivity contribution is 0.530. The third-order valence-corrected chi connectivity index (χ3v) is 5.51. The van der Waals surface area contributed by atoms with Crippen LogP contribution in [0.1, 0.15) is 55.6 Å². The van der Waals surface area contributed by atoms with E-state index >= 15 is 0 Å². The summed E-state index contributed by atoms with van der Waals surface area (Å²) in [7, 11) is 0. The maximum atomic E-state index is 4.98. The monoisotopic (exact) mass is 374 g/mol. The fourth-order valence-corrected chi connectivity index (χ4v) is 3.55. The Balaban J connectivity index is 1.71. The third kappa shape index (κ3) is 3.09. The fraction of sp³-hybridized carbons (Fsp3) is 0.364. The van der Waals surface area contributed by atoms with Crippen molar-refractivity contribution in [3.63, 3.8) is 0 Å². The minimum Gasteiger partial charge on any atom is -0.334 e. The van der Waals surface area contributed by atoms with Gasteiger partial charge in [0.2, 0.25) is 0 Å². The quantitative estimate of drug-likeness (QED) is 0.515. The van der Waals surface area contributed by atoms with Crippen molar-refractivity contribution in [1.29, 1.82) is 0 Å². The zero-order valence-corrected chi connectivity index (χ0v) is 17.1. The molecule has 0 amide bonds. The molecule has 6 nitrogen and oxygen atoms in total. The molecule has 28 heavy (non-hydrogen) atoms. The number of fused-ring (bicyclic) bond motifs is 1. The Labute approximate surface area is 165 Å². The van der Waals surface area contributed by atoms with E-state index < -0.39 is 0 Å². The zero-order valence-electron chi connectivity index (χ0n) is 17.1. The predicted octanol–water partition coefficient (Wildman–Crippen LogP) is 4.53. The van der Waals surface area contributed by atoms with Gasteiger partial charge in [0.05, 0.1) is 17.1 Å². The first-order chi connectivity index (χ1) is 13.5.